The number of carbonyl (C=O) groups excluding carboxylic acids is 1. The van der Waals surface area contributed by atoms with Gasteiger partial charge in [0.25, 0.3) is 0 Å². The van der Waals surface area contributed by atoms with Crippen molar-refractivity contribution in [3.63, 3.8) is 0 Å². The largest absolute Gasteiger partial charge is 0.387 e. The Bertz CT molecular complexity index is 468. The molecule has 0 spiro atoms. The number of thiophene rings is 1. The zero-order valence-electron chi connectivity index (χ0n) is 12.5. The van der Waals surface area contributed by atoms with Crippen molar-refractivity contribution in [3.8, 4) is 0 Å². The maximum Gasteiger partial charge on any atom is 0.227 e. The highest BCUT2D eigenvalue weighted by molar-refractivity contribution is 7.10. The number of hydrogen-bond acceptors (Lipinski definition) is 4. The predicted molar refractivity (Wildman–Crippen MR) is 82.2 cm³/mol. The minimum absolute atomic E-state index is 0.0415. The van der Waals surface area contributed by atoms with Gasteiger partial charge in [-0.2, -0.15) is 0 Å². The van der Waals surface area contributed by atoms with Crippen LogP contribution in [-0.2, 0) is 11.2 Å². The van der Waals surface area contributed by atoms with E-state index in [0.717, 1.165) is 19.3 Å². The molecule has 1 aliphatic rings. The molecule has 0 aromatic carbocycles. The molecule has 2 atom stereocenters. The molecule has 0 radical (unpaired) electrons. The summed E-state index contributed by atoms with van der Waals surface area (Å²) < 4.78 is 0. The topological polar surface area (TPSA) is 52.6 Å². The van der Waals surface area contributed by atoms with Gasteiger partial charge >= 0.3 is 0 Å². The maximum atomic E-state index is 12.4. The highest BCUT2D eigenvalue weighted by Crippen LogP contribution is 2.34. The second kappa shape index (κ2) is 6.24. The molecule has 2 unspecified atom stereocenters. The Kier molecular flexibility index (Phi) is 4.83. The van der Waals surface area contributed by atoms with Crippen molar-refractivity contribution in [1.29, 1.82) is 0 Å². The van der Waals surface area contributed by atoms with Crippen molar-refractivity contribution in [2.45, 2.75) is 37.7 Å². The van der Waals surface area contributed by atoms with Crippen LogP contribution in [0, 0.1) is 0 Å². The van der Waals surface area contributed by atoms with Crippen LogP contribution >= 0.6 is 11.3 Å². The van der Waals surface area contributed by atoms with Crippen LogP contribution in [0.25, 0.3) is 0 Å². The van der Waals surface area contributed by atoms with Crippen LogP contribution in [0.4, 0.5) is 0 Å². The number of hydrogen-bond donors (Lipinski definition) is 2. The number of aliphatic hydroxyl groups is 1. The molecule has 0 aliphatic heterocycles. The number of nitrogens with zero attached hydrogens (tertiary/aromatic N) is 1. The van der Waals surface area contributed by atoms with Gasteiger partial charge in [0.2, 0.25) is 5.91 Å². The SMILES string of the molecule is CN(C)CC(C)(O)CNC(=O)C1CCCc2sccc21. The van der Waals surface area contributed by atoms with E-state index in [1.807, 2.05) is 19.0 Å². The van der Waals surface area contributed by atoms with Crippen molar-refractivity contribution < 1.29 is 9.90 Å². The standard InChI is InChI=1S/C15H24N2O2S/c1-15(19,10-17(2)3)9-16-14(18)12-5-4-6-13-11(12)7-8-20-13/h7-8,12,19H,4-6,9-10H2,1-3H3,(H,16,18). The molecular formula is C15H24N2O2S. The van der Waals surface area contributed by atoms with Crippen LogP contribution in [0.3, 0.4) is 0 Å². The third-order valence-corrected chi connectivity index (χ3v) is 4.67. The first-order chi connectivity index (χ1) is 9.39. The van der Waals surface area contributed by atoms with Gasteiger partial charge in [0.15, 0.2) is 0 Å². The van der Waals surface area contributed by atoms with E-state index in [1.165, 1.54) is 10.4 Å². The molecular weight excluding hydrogens is 272 g/mol. The van der Waals surface area contributed by atoms with Gasteiger partial charge in [0, 0.05) is 18.0 Å². The maximum absolute atomic E-state index is 12.4. The first-order valence-electron chi connectivity index (χ1n) is 7.10. The summed E-state index contributed by atoms with van der Waals surface area (Å²) in [5.41, 5.74) is 0.289. The molecule has 20 heavy (non-hydrogen) atoms. The Morgan fingerprint density at radius 1 is 1.60 bits per heavy atom. The van der Waals surface area contributed by atoms with Gasteiger partial charge in [-0.15, -0.1) is 11.3 Å². The zero-order valence-corrected chi connectivity index (χ0v) is 13.3. The second-order valence-corrected chi connectivity index (χ2v) is 7.20. The van der Waals surface area contributed by atoms with Crippen LogP contribution < -0.4 is 5.32 Å². The van der Waals surface area contributed by atoms with Gasteiger partial charge in [-0.25, -0.2) is 0 Å². The normalized spacial score (nSPS) is 21.4. The molecule has 1 heterocycles. The average molecular weight is 296 g/mol. The predicted octanol–water partition coefficient (Wildman–Crippen LogP) is 1.60. The van der Waals surface area contributed by atoms with Crippen LogP contribution in [0.1, 0.15) is 36.1 Å². The summed E-state index contributed by atoms with van der Waals surface area (Å²) in [6.45, 7) is 2.58. The number of fused-ring (bicyclic) bond motifs is 1. The molecule has 1 aliphatic carbocycles. The number of amides is 1. The minimum atomic E-state index is -0.898. The Labute approximate surface area is 124 Å². The summed E-state index contributed by atoms with van der Waals surface area (Å²) in [6.07, 6.45) is 3.07. The Balaban J connectivity index is 1.94. The van der Waals surface area contributed by atoms with Crippen molar-refractivity contribution in [2.75, 3.05) is 27.2 Å². The quantitative estimate of drug-likeness (QED) is 0.868. The van der Waals surface area contributed by atoms with E-state index in [4.69, 9.17) is 0 Å². The van der Waals surface area contributed by atoms with Crippen LogP contribution in [-0.4, -0.2) is 48.7 Å². The lowest BCUT2D eigenvalue weighted by atomic mass is 9.87. The number of nitrogens with one attached hydrogen (secondary N) is 1. The third-order valence-electron chi connectivity index (χ3n) is 3.67. The van der Waals surface area contributed by atoms with E-state index in [2.05, 4.69) is 16.8 Å². The van der Waals surface area contributed by atoms with Gasteiger partial charge in [-0.3, -0.25) is 4.79 Å². The molecule has 0 bridgehead atoms. The van der Waals surface area contributed by atoms with Crippen molar-refractivity contribution in [1.82, 2.24) is 10.2 Å². The molecule has 0 fully saturated rings. The smallest absolute Gasteiger partial charge is 0.227 e. The summed E-state index contributed by atoms with van der Waals surface area (Å²) in [5, 5.41) is 15.2. The Hall–Kier alpha value is -0.910. The first-order valence-corrected chi connectivity index (χ1v) is 7.98. The first kappa shape index (κ1) is 15.5. The number of aryl methyl sites for hydroxylation is 1. The lowest BCUT2D eigenvalue weighted by Gasteiger charge is -2.29. The molecule has 4 nitrogen and oxygen atoms in total. The number of rotatable bonds is 5. The van der Waals surface area contributed by atoms with Gasteiger partial charge in [0.05, 0.1) is 11.5 Å². The molecule has 1 aromatic rings. The zero-order chi connectivity index (χ0) is 14.8. The van der Waals surface area contributed by atoms with Crippen molar-refractivity contribution >= 4 is 17.2 Å². The van der Waals surface area contributed by atoms with Crippen molar-refractivity contribution in [3.05, 3.63) is 21.9 Å². The summed E-state index contributed by atoms with van der Waals surface area (Å²) in [7, 11) is 3.82. The van der Waals surface area contributed by atoms with E-state index in [1.54, 1.807) is 18.3 Å². The van der Waals surface area contributed by atoms with E-state index >= 15 is 0 Å². The fraction of sp³-hybridized carbons (Fsp3) is 0.667. The van der Waals surface area contributed by atoms with Crippen LogP contribution in [0.5, 0.6) is 0 Å². The Morgan fingerprint density at radius 3 is 3.05 bits per heavy atom. The molecule has 0 saturated carbocycles. The van der Waals surface area contributed by atoms with E-state index < -0.39 is 5.60 Å². The number of likely N-dealkylation sites (N-methyl/N-ethyl adjacent to an activating group) is 1. The number of carbonyl (C=O) groups is 1. The van der Waals surface area contributed by atoms with Crippen LogP contribution in [0.2, 0.25) is 0 Å². The molecule has 5 heteroatoms. The fourth-order valence-electron chi connectivity index (χ4n) is 2.90. The van der Waals surface area contributed by atoms with E-state index in [9.17, 15) is 9.90 Å². The Morgan fingerprint density at radius 2 is 2.35 bits per heavy atom. The van der Waals surface area contributed by atoms with Gasteiger partial charge in [-0.1, -0.05) is 0 Å². The molecule has 2 rings (SSSR count). The molecule has 0 saturated heterocycles. The summed E-state index contributed by atoms with van der Waals surface area (Å²) in [5.74, 6) is 0.00328. The van der Waals surface area contributed by atoms with E-state index in [-0.39, 0.29) is 11.8 Å². The second-order valence-electron chi connectivity index (χ2n) is 6.20. The average Bonchev–Trinajstić information content (AvgIpc) is 2.82. The molecule has 2 N–H and O–H groups in total. The van der Waals surface area contributed by atoms with Gasteiger partial charge in [-0.05, 0) is 57.3 Å². The highest BCUT2D eigenvalue weighted by atomic mass is 32.1. The van der Waals surface area contributed by atoms with Crippen molar-refractivity contribution in [2.24, 2.45) is 0 Å². The van der Waals surface area contributed by atoms with Gasteiger partial charge in [0.1, 0.15) is 0 Å². The summed E-state index contributed by atoms with van der Waals surface area (Å²) in [6, 6.07) is 2.07. The molecule has 1 aromatic heterocycles. The summed E-state index contributed by atoms with van der Waals surface area (Å²) in [4.78, 5) is 15.6. The third kappa shape index (κ3) is 3.81. The summed E-state index contributed by atoms with van der Waals surface area (Å²) >= 11 is 1.74. The lowest BCUT2D eigenvalue weighted by molar-refractivity contribution is -0.124. The van der Waals surface area contributed by atoms with Crippen LogP contribution in [0.15, 0.2) is 11.4 Å². The molecule has 112 valence electrons. The molecule has 1 amide bonds. The fourth-order valence-corrected chi connectivity index (χ4v) is 3.88. The minimum Gasteiger partial charge on any atom is -0.387 e. The van der Waals surface area contributed by atoms with E-state index in [0.29, 0.717) is 13.1 Å². The monoisotopic (exact) mass is 296 g/mol. The lowest BCUT2D eigenvalue weighted by Crippen LogP contribution is -2.48. The highest BCUT2D eigenvalue weighted by Gasteiger charge is 2.29. The van der Waals surface area contributed by atoms with Gasteiger partial charge < -0.3 is 15.3 Å².